The van der Waals surface area contributed by atoms with E-state index in [0.717, 1.165) is 39.1 Å². The maximum Gasteiger partial charge on any atom is 0.226 e. The molecule has 3 aliphatic rings. The lowest BCUT2D eigenvalue weighted by Gasteiger charge is -2.58. The lowest BCUT2D eigenvalue weighted by atomic mass is 9.75. The fourth-order valence-electron chi connectivity index (χ4n) is 4.37. The maximum absolute atomic E-state index is 12.5. The van der Waals surface area contributed by atoms with Crippen molar-refractivity contribution in [2.75, 3.05) is 40.4 Å². The number of hydrogen-bond acceptors (Lipinski definition) is 3. The second kappa shape index (κ2) is 6.71. The predicted octanol–water partition coefficient (Wildman–Crippen LogP) is 2.45. The van der Waals surface area contributed by atoms with E-state index in [2.05, 4.69) is 22.9 Å². The topological polar surface area (TPSA) is 32.8 Å². The van der Waals surface area contributed by atoms with Crippen LogP contribution in [-0.2, 0) is 9.53 Å². The average molecular weight is 306 g/mol. The third-order valence-corrected chi connectivity index (χ3v) is 5.84. The summed E-state index contributed by atoms with van der Waals surface area (Å²) in [6.07, 6.45) is 10.2. The Morgan fingerprint density at radius 2 is 2.23 bits per heavy atom. The van der Waals surface area contributed by atoms with Gasteiger partial charge in [0.15, 0.2) is 0 Å². The van der Waals surface area contributed by atoms with Crippen molar-refractivity contribution in [2.24, 2.45) is 5.92 Å². The van der Waals surface area contributed by atoms with Crippen LogP contribution in [0, 0.1) is 5.92 Å². The fraction of sp³-hybridized carbons (Fsp3) is 0.833. The van der Waals surface area contributed by atoms with Crippen molar-refractivity contribution < 1.29 is 9.53 Å². The van der Waals surface area contributed by atoms with Crippen LogP contribution in [0.4, 0.5) is 0 Å². The first kappa shape index (κ1) is 16.0. The Bertz CT molecular complexity index is 440. The van der Waals surface area contributed by atoms with E-state index in [1.54, 1.807) is 7.11 Å². The number of piperidine rings is 1. The van der Waals surface area contributed by atoms with Crippen molar-refractivity contribution in [1.82, 2.24) is 9.80 Å². The SMILES string of the molecule is COCC1CCN(C)C2(C1)CN(C(=O)CC1=CCCCC1)C2. The standard InChI is InChI=1S/C18H30N2O2/c1-19-9-8-16(12-22-2)11-18(19)13-20(14-18)17(21)10-15-6-4-3-5-7-15/h6,16H,3-5,7-14H2,1-2H3. The molecule has 124 valence electrons. The zero-order chi connectivity index (χ0) is 15.6. The van der Waals surface area contributed by atoms with Gasteiger partial charge in [0, 0.05) is 33.2 Å². The molecule has 1 atom stereocenters. The molecule has 0 aromatic heterocycles. The van der Waals surface area contributed by atoms with Crippen LogP contribution in [0.2, 0.25) is 0 Å². The van der Waals surface area contributed by atoms with Crippen LogP contribution in [0.3, 0.4) is 0 Å². The quantitative estimate of drug-likeness (QED) is 0.748. The molecule has 3 rings (SSSR count). The van der Waals surface area contributed by atoms with Gasteiger partial charge < -0.3 is 9.64 Å². The Morgan fingerprint density at radius 1 is 1.41 bits per heavy atom. The number of allylic oxidation sites excluding steroid dienone is 1. The fourth-order valence-corrected chi connectivity index (χ4v) is 4.37. The lowest BCUT2D eigenvalue weighted by molar-refractivity contribution is -0.150. The minimum Gasteiger partial charge on any atom is -0.384 e. The van der Waals surface area contributed by atoms with Crippen molar-refractivity contribution in [1.29, 1.82) is 0 Å². The van der Waals surface area contributed by atoms with Gasteiger partial charge in [-0.25, -0.2) is 0 Å². The minimum atomic E-state index is 0.220. The van der Waals surface area contributed by atoms with E-state index in [0.29, 0.717) is 18.2 Å². The van der Waals surface area contributed by atoms with Gasteiger partial charge in [0.25, 0.3) is 0 Å². The molecule has 1 spiro atoms. The molecule has 0 saturated carbocycles. The molecule has 0 N–H and O–H groups in total. The molecule has 22 heavy (non-hydrogen) atoms. The van der Waals surface area contributed by atoms with Gasteiger partial charge in [0.2, 0.25) is 5.91 Å². The number of ether oxygens (including phenoxy) is 1. The Labute approximate surface area is 134 Å². The molecule has 1 unspecified atom stereocenters. The van der Waals surface area contributed by atoms with Gasteiger partial charge in [0.1, 0.15) is 0 Å². The summed E-state index contributed by atoms with van der Waals surface area (Å²) in [5.41, 5.74) is 1.59. The number of methoxy groups -OCH3 is 1. The lowest BCUT2D eigenvalue weighted by Crippen LogP contribution is -2.72. The first-order valence-corrected chi connectivity index (χ1v) is 8.79. The normalized spacial score (nSPS) is 28.4. The third-order valence-electron chi connectivity index (χ3n) is 5.84. The van der Waals surface area contributed by atoms with Crippen LogP contribution in [0.1, 0.15) is 44.9 Å². The van der Waals surface area contributed by atoms with Crippen molar-refractivity contribution in [3.63, 3.8) is 0 Å². The Morgan fingerprint density at radius 3 is 2.91 bits per heavy atom. The number of likely N-dealkylation sites (N-methyl/N-ethyl adjacent to an activating group) is 1. The summed E-state index contributed by atoms with van der Waals surface area (Å²) in [4.78, 5) is 17.0. The number of hydrogen-bond donors (Lipinski definition) is 0. The van der Waals surface area contributed by atoms with Crippen LogP contribution in [-0.4, -0.2) is 61.6 Å². The van der Waals surface area contributed by atoms with Crippen LogP contribution in [0.5, 0.6) is 0 Å². The van der Waals surface area contributed by atoms with Crippen LogP contribution >= 0.6 is 0 Å². The van der Waals surface area contributed by atoms with E-state index in [4.69, 9.17) is 4.74 Å². The monoisotopic (exact) mass is 306 g/mol. The van der Waals surface area contributed by atoms with Crippen LogP contribution in [0.25, 0.3) is 0 Å². The molecular weight excluding hydrogens is 276 g/mol. The maximum atomic E-state index is 12.5. The summed E-state index contributed by atoms with van der Waals surface area (Å²) in [5, 5.41) is 0. The van der Waals surface area contributed by atoms with E-state index in [1.165, 1.54) is 31.3 Å². The molecule has 0 aromatic carbocycles. The first-order chi connectivity index (χ1) is 10.6. The highest BCUT2D eigenvalue weighted by Crippen LogP contribution is 2.38. The van der Waals surface area contributed by atoms with Crippen LogP contribution in [0.15, 0.2) is 11.6 Å². The van der Waals surface area contributed by atoms with Crippen molar-refractivity contribution >= 4 is 5.91 Å². The van der Waals surface area contributed by atoms with Gasteiger partial charge in [-0.3, -0.25) is 9.69 Å². The molecule has 2 aliphatic heterocycles. The Kier molecular flexibility index (Phi) is 4.88. The zero-order valence-electron chi connectivity index (χ0n) is 14.1. The summed E-state index contributed by atoms with van der Waals surface area (Å²) >= 11 is 0. The van der Waals surface area contributed by atoms with E-state index < -0.39 is 0 Å². The van der Waals surface area contributed by atoms with Gasteiger partial charge in [-0.15, -0.1) is 0 Å². The molecule has 1 amide bonds. The van der Waals surface area contributed by atoms with Crippen molar-refractivity contribution in [3.8, 4) is 0 Å². The summed E-state index contributed by atoms with van der Waals surface area (Å²) < 4.78 is 5.35. The van der Waals surface area contributed by atoms with Gasteiger partial charge in [0.05, 0.1) is 5.54 Å². The number of amides is 1. The second-order valence-corrected chi connectivity index (χ2v) is 7.49. The summed E-state index contributed by atoms with van der Waals surface area (Å²) in [5.74, 6) is 0.987. The zero-order valence-corrected chi connectivity index (χ0v) is 14.1. The molecule has 4 nitrogen and oxygen atoms in total. The molecule has 0 aromatic rings. The first-order valence-electron chi connectivity index (χ1n) is 8.79. The van der Waals surface area contributed by atoms with Crippen molar-refractivity contribution in [3.05, 3.63) is 11.6 Å². The van der Waals surface area contributed by atoms with Crippen LogP contribution < -0.4 is 0 Å². The predicted molar refractivity (Wildman–Crippen MR) is 87.7 cm³/mol. The summed E-state index contributed by atoms with van der Waals surface area (Å²) in [6.45, 7) is 3.81. The highest BCUT2D eigenvalue weighted by atomic mass is 16.5. The largest absolute Gasteiger partial charge is 0.384 e. The molecular formula is C18H30N2O2. The number of rotatable bonds is 4. The summed E-state index contributed by atoms with van der Waals surface area (Å²) in [6, 6.07) is 0. The van der Waals surface area contributed by atoms with E-state index in [-0.39, 0.29) is 5.54 Å². The molecule has 1 aliphatic carbocycles. The molecule has 2 fully saturated rings. The minimum absolute atomic E-state index is 0.220. The highest BCUT2D eigenvalue weighted by molar-refractivity contribution is 5.80. The number of carbonyl (C=O) groups excluding carboxylic acids is 1. The van der Waals surface area contributed by atoms with Crippen molar-refractivity contribution in [2.45, 2.75) is 50.5 Å². The molecule has 2 saturated heterocycles. The van der Waals surface area contributed by atoms with E-state index in [1.807, 2.05) is 0 Å². The van der Waals surface area contributed by atoms with E-state index in [9.17, 15) is 4.79 Å². The molecule has 0 bridgehead atoms. The molecule has 2 heterocycles. The van der Waals surface area contributed by atoms with Gasteiger partial charge in [-0.2, -0.15) is 0 Å². The average Bonchev–Trinajstić information content (AvgIpc) is 2.48. The smallest absolute Gasteiger partial charge is 0.226 e. The number of likely N-dealkylation sites (tertiary alicyclic amines) is 2. The Hall–Kier alpha value is -0.870. The van der Waals surface area contributed by atoms with Gasteiger partial charge in [-0.1, -0.05) is 11.6 Å². The number of carbonyl (C=O) groups is 1. The second-order valence-electron chi connectivity index (χ2n) is 7.49. The number of nitrogens with zero attached hydrogens (tertiary/aromatic N) is 2. The van der Waals surface area contributed by atoms with Gasteiger partial charge >= 0.3 is 0 Å². The third kappa shape index (κ3) is 3.23. The highest BCUT2D eigenvalue weighted by Gasteiger charge is 2.50. The Balaban J connectivity index is 1.53. The summed E-state index contributed by atoms with van der Waals surface area (Å²) in [7, 11) is 4.01. The molecule has 4 heteroatoms. The van der Waals surface area contributed by atoms with E-state index >= 15 is 0 Å². The van der Waals surface area contributed by atoms with Gasteiger partial charge in [-0.05, 0) is 58.0 Å². The molecule has 0 radical (unpaired) electrons.